The summed E-state index contributed by atoms with van der Waals surface area (Å²) in [6.45, 7) is 5.03. The average Bonchev–Trinajstić information content (AvgIpc) is 3.20. The Bertz CT molecular complexity index is 893. The van der Waals surface area contributed by atoms with Crippen molar-refractivity contribution in [3.05, 3.63) is 48.4 Å². The fourth-order valence-corrected chi connectivity index (χ4v) is 5.68. The number of benzene rings is 1. The van der Waals surface area contributed by atoms with E-state index in [2.05, 4.69) is 33.8 Å². The van der Waals surface area contributed by atoms with Crippen molar-refractivity contribution in [1.29, 1.82) is 0 Å². The second-order valence-electron chi connectivity index (χ2n) is 8.95. The second-order valence-corrected chi connectivity index (χ2v) is 8.95. The first kappa shape index (κ1) is 19.6. The third kappa shape index (κ3) is 3.51. The van der Waals surface area contributed by atoms with E-state index in [-0.39, 0.29) is 18.0 Å². The molecule has 0 bridgehead atoms. The SMILES string of the molecule is C[C@@H]1[C@H](O)CCCN1c1ccnc(N2CC[C@@H]3[C@H]2CCCN3c2cccc(F)c2)c1. The predicted molar refractivity (Wildman–Crippen MR) is 119 cm³/mol. The number of piperidine rings is 2. The summed E-state index contributed by atoms with van der Waals surface area (Å²) < 4.78 is 13.8. The van der Waals surface area contributed by atoms with E-state index in [9.17, 15) is 9.50 Å². The predicted octanol–water partition coefficient (Wildman–Crippen LogP) is 3.82. The van der Waals surface area contributed by atoms with E-state index >= 15 is 0 Å². The summed E-state index contributed by atoms with van der Waals surface area (Å²) in [5.41, 5.74) is 2.14. The molecule has 0 saturated carbocycles. The number of halogens is 1. The fraction of sp³-hybridized carbons (Fsp3) is 0.542. The van der Waals surface area contributed by atoms with E-state index in [0.29, 0.717) is 12.1 Å². The van der Waals surface area contributed by atoms with E-state index in [4.69, 9.17) is 4.98 Å². The average molecular weight is 411 g/mol. The zero-order valence-electron chi connectivity index (χ0n) is 17.6. The molecule has 3 fully saturated rings. The van der Waals surface area contributed by atoms with Gasteiger partial charge in [0.1, 0.15) is 11.6 Å². The molecule has 160 valence electrons. The van der Waals surface area contributed by atoms with Gasteiger partial charge in [-0.2, -0.15) is 0 Å². The lowest BCUT2D eigenvalue weighted by Gasteiger charge is -2.42. The maximum atomic E-state index is 13.8. The van der Waals surface area contributed by atoms with Gasteiger partial charge in [0.25, 0.3) is 0 Å². The molecule has 5 nitrogen and oxygen atoms in total. The Kier molecular flexibility index (Phi) is 5.27. The van der Waals surface area contributed by atoms with Crippen LogP contribution in [0.2, 0.25) is 0 Å². The van der Waals surface area contributed by atoms with Crippen molar-refractivity contribution in [2.75, 3.05) is 34.3 Å². The third-order valence-electron chi connectivity index (χ3n) is 7.25. The minimum atomic E-state index is -0.273. The van der Waals surface area contributed by atoms with Crippen molar-refractivity contribution in [3.8, 4) is 0 Å². The summed E-state index contributed by atoms with van der Waals surface area (Å²) in [7, 11) is 0. The van der Waals surface area contributed by atoms with Crippen LogP contribution >= 0.6 is 0 Å². The lowest BCUT2D eigenvalue weighted by Crippen LogP contribution is -2.50. The molecule has 0 amide bonds. The van der Waals surface area contributed by atoms with Gasteiger partial charge in [0.05, 0.1) is 24.2 Å². The lowest BCUT2D eigenvalue weighted by atomic mass is 9.96. The first-order chi connectivity index (χ1) is 14.6. The number of pyridine rings is 1. The summed E-state index contributed by atoms with van der Waals surface area (Å²) in [6, 6.07) is 12.2. The standard InChI is InChI=1S/C24H31FN4O/c1-17-23(30)8-4-12-27(17)20-9-11-26-24(16-20)29-14-10-22-21(29)7-3-13-28(22)19-6-2-5-18(25)15-19/h2,5-6,9,11,15-17,21-23,30H,3-4,7-8,10,12-14H2,1H3/t17-,21-,22-,23-/m1/s1. The van der Waals surface area contributed by atoms with Crippen molar-refractivity contribution in [2.24, 2.45) is 0 Å². The van der Waals surface area contributed by atoms with E-state index in [1.54, 1.807) is 12.1 Å². The molecule has 0 spiro atoms. The van der Waals surface area contributed by atoms with Crippen LogP contribution in [0.4, 0.5) is 21.6 Å². The third-order valence-corrected chi connectivity index (χ3v) is 7.25. The zero-order valence-corrected chi connectivity index (χ0v) is 17.6. The van der Waals surface area contributed by atoms with E-state index in [0.717, 1.165) is 68.9 Å². The second kappa shape index (κ2) is 8.06. The van der Waals surface area contributed by atoms with Gasteiger partial charge in [-0.05, 0) is 63.3 Å². The molecule has 4 atom stereocenters. The molecular weight excluding hydrogens is 379 g/mol. The molecule has 2 aromatic rings. The molecule has 6 heteroatoms. The van der Waals surface area contributed by atoms with Crippen LogP contribution in [0.15, 0.2) is 42.6 Å². The van der Waals surface area contributed by atoms with Crippen LogP contribution in [0.1, 0.15) is 39.0 Å². The van der Waals surface area contributed by atoms with Crippen molar-refractivity contribution >= 4 is 17.2 Å². The minimum Gasteiger partial charge on any atom is -0.391 e. The van der Waals surface area contributed by atoms with Crippen LogP contribution in [0, 0.1) is 5.82 Å². The lowest BCUT2D eigenvalue weighted by molar-refractivity contribution is 0.119. The van der Waals surface area contributed by atoms with E-state index < -0.39 is 0 Å². The number of hydrogen-bond acceptors (Lipinski definition) is 5. The molecule has 1 aromatic carbocycles. The highest BCUT2D eigenvalue weighted by atomic mass is 19.1. The summed E-state index contributed by atoms with van der Waals surface area (Å²) in [5, 5.41) is 10.3. The molecule has 3 saturated heterocycles. The fourth-order valence-electron chi connectivity index (χ4n) is 5.68. The number of fused-ring (bicyclic) bond motifs is 1. The van der Waals surface area contributed by atoms with Crippen LogP contribution in [0.25, 0.3) is 0 Å². The van der Waals surface area contributed by atoms with Gasteiger partial charge in [0.2, 0.25) is 0 Å². The summed E-state index contributed by atoms with van der Waals surface area (Å²) in [4.78, 5) is 11.9. The molecule has 30 heavy (non-hydrogen) atoms. The molecule has 0 aliphatic carbocycles. The molecule has 1 N–H and O–H groups in total. The number of rotatable bonds is 3. The molecule has 0 unspecified atom stereocenters. The zero-order chi connectivity index (χ0) is 20.7. The number of aliphatic hydroxyl groups is 1. The highest BCUT2D eigenvalue weighted by molar-refractivity contribution is 5.58. The molecular formula is C24H31FN4O. The highest BCUT2D eigenvalue weighted by Gasteiger charge is 2.41. The maximum absolute atomic E-state index is 13.8. The van der Waals surface area contributed by atoms with E-state index in [1.807, 2.05) is 12.3 Å². The van der Waals surface area contributed by atoms with Crippen LogP contribution in [0.5, 0.6) is 0 Å². The summed E-state index contributed by atoms with van der Waals surface area (Å²) in [6.07, 6.45) is 6.82. The molecule has 3 aliphatic heterocycles. The Morgan fingerprint density at radius 2 is 1.67 bits per heavy atom. The Labute approximate surface area is 178 Å². The van der Waals surface area contributed by atoms with Crippen molar-refractivity contribution < 1.29 is 9.50 Å². The minimum absolute atomic E-state index is 0.124. The highest BCUT2D eigenvalue weighted by Crippen LogP contribution is 2.37. The van der Waals surface area contributed by atoms with Gasteiger partial charge in [0.15, 0.2) is 0 Å². The van der Waals surface area contributed by atoms with Crippen LogP contribution in [-0.4, -0.2) is 54.0 Å². The molecule has 0 radical (unpaired) electrons. The Hall–Kier alpha value is -2.34. The largest absolute Gasteiger partial charge is 0.391 e. The number of aliphatic hydroxyl groups excluding tert-OH is 1. The van der Waals surface area contributed by atoms with Crippen molar-refractivity contribution in [3.63, 3.8) is 0 Å². The molecule has 1 aromatic heterocycles. The van der Waals surface area contributed by atoms with Gasteiger partial charge in [-0.3, -0.25) is 0 Å². The monoisotopic (exact) mass is 410 g/mol. The van der Waals surface area contributed by atoms with Gasteiger partial charge in [0, 0.05) is 43.3 Å². The van der Waals surface area contributed by atoms with Gasteiger partial charge < -0.3 is 19.8 Å². The molecule has 4 heterocycles. The quantitative estimate of drug-likeness (QED) is 0.833. The van der Waals surface area contributed by atoms with Crippen molar-refractivity contribution in [2.45, 2.75) is 63.3 Å². The smallest absolute Gasteiger partial charge is 0.130 e. The molecule has 5 rings (SSSR count). The van der Waals surface area contributed by atoms with Crippen LogP contribution in [0.3, 0.4) is 0 Å². The number of anilines is 3. The van der Waals surface area contributed by atoms with Crippen molar-refractivity contribution in [1.82, 2.24) is 4.98 Å². The first-order valence-corrected chi connectivity index (χ1v) is 11.3. The Morgan fingerprint density at radius 1 is 0.900 bits per heavy atom. The number of nitrogens with zero attached hydrogens (tertiary/aromatic N) is 4. The maximum Gasteiger partial charge on any atom is 0.130 e. The first-order valence-electron chi connectivity index (χ1n) is 11.3. The number of hydrogen-bond donors (Lipinski definition) is 1. The summed E-state index contributed by atoms with van der Waals surface area (Å²) in [5.74, 6) is 0.852. The topological polar surface area (TPSA) is 42.8 Å². The number of aromatic nitrogens is 1. The normalized spacial score (nSPS) is 29.2. The van der Waals surface area contributed by atoms with Gasteiger partial charge >= 0.3 is 0 Å². The van der Waals surface area contributed by atoms with Gasteiger partial charge in [-0.15, -0.1) is 0 Å². The van der Waals surface area contributed by atoms with Gasteiger partial charge in [-0.25, -0.2) is 9.37 Å². The molecule has 3 aliphatic rings. The Morgan fingerprint density at radius 3 is 2.53 bits per heavy atom. The summed E-state index contributed by atoms with van der Waals surface area (Å²) >= 11 is 0. The van der Waals surface area contributed by atoms with E-state index in [1.165, 1.54) is 6.07 Å². The van der Waals surface area contributed by atoms with Gasteiger partial charge in [-0.1, -0.05) is 6.07 Å². The van der Waals surface area contributed by atoms with Crippen LogP contribution in [-0.2, 0) is 0 Å². The van der Waals surface area contributed by atoms with Crippen LogP contribution < -0.4 is 14.7 Å². The Balaban J connectivity index is 1.38.